The smallest absolute Gasteiger partial charge is 0.272 e. The van der Waals surface area contributed by atoms with Crippen molar-refractivity contribution in [2.45, 2.75) is 12.7 Å². The van der Waals surface area contributed by atoms with Crippen molar-refractivity contribution in [2.24, 2.45) is 4.99 Å². The second-order valence-electron chi connectivity index (χ2n) is 6.82. The van der Waals surface area contributed by atoms with Crippen LogP contribution in [0.3, 0.4) is 0 Å². The van der Waals surface area contributed by atoms with Crippen LogP contribution in [0, 0.1) is 0 Å². The predicted octanol–water partition coefficient (Wildman–Crippen LogP) is 3.15. The van der Waals surface area contributed by atoms with Crippen molar-refractivity contribution >= 4 is 23.7 Å². The summed E-state index contributed by atoms with van der Waals surface area (Å²) >= 11 is 0. The lowest BCUT2D eigenvalue weighted by molar-refractivity contribution is -0.123. The number of amides is 2. The largest absolute Gasteiger partial charge is 0.497 e. The molecule has 150 valence electrons. The van der Waals surface area contributed by atoms with E-state index in [2.05, 4.69) is 10.3 Å². The zero-order valence-electron chi connectivity index (χ0n) is 16.5. The molecule has 0 bridgehead atoms. The van der Waals surface area contributed by atoms with Crippen LogP contribution in [0.25, 0.3) is 0 Å². The molecule has 6 heteroatoms. The molecular formula is C24H21N3O3. The molecule has 4 rings (SSSR count). The Labute approximate surface area is 174 Å². The number of benzene rings is 3. The van der Waals surface area contributed by atoms with Gasteiger partial charge in [-0.15, -0.1) is 0 Å². The maximum absolute atomic E-state index is 13.4. The number of carbonyl (C=O) groups excluding carboxylic acids is 2. The average Bonchev–Trinajstić information content (AvgIpc) is 2.91. The van der Waals surface area contributed by atoms with Crippen molar-refractivity contribution in [3.63, 3.8) is 0 Å². The monoisotopic (exact) mass is 399 g/mol. The second-order valence-corrected chi connectivity index (χ2v) is 6.82. The first kappa shape index (κ1) is 19.4. The minimum atomic E-state index is -1.01. The lowest BCUT2D eigenvalue weighted by Crippen LogP contribution is -2.44. The van der Waals surface area contributed by atoms with Crippen LogP contribution in [-0.4, -0.2) is 31.3 Å². The molecular weight excluding hydrogens is 378 g/mol. The molecule has 30 heavy (non-hydrogen) atoms. The number of anilines is 1. The number of nitrogens with zero attached hydrogens (tertiary/aromatic N) is 2. The van der Waals surface area contributed by atoms with Crippen molar-refractivity contribution in [2.75, 3.05) is 12.0 Å². The Morgan fingerprint density at radius 1 is 1.00 bits per heavy atom. The third kappa shape index (κ3) is 3.80. The molecule has 0 fully saturated rings. The standard InChI is InChI=1S/C24H21N3O3/c1-30-19-13-11-17(12-14-19)15-27-21-10-6-5-9-20(21)22(18-7-3-2-4-8-18)26-23(24(27)29)25-16-28/h2-14,16,23H,15H2,1H3,(H,25,28). The van der Waals surface area contributed by atoms with Crippen LogP contribution in [-0.2, 0) is 16.1 Å². The van der Waals surface area contributed by atoms with Gasteiger partial charge in [0.05, 0.1) is 25.1 Å². The Balaban J connectivity index is 1.81. The predicted molar refractivity (Wildman–Crippen MR) is 116 cm³/mol. The zero-order valence-corrected chi connectivity index (χ0v) is 16.5. The number of hydrogen-bond acceptors (Lipinski definition) is 4. The van der Waals surface area contributed by atoms with Gasteiger partial charge in [-0.1, -0.05) is 60.7 Å². The first-order chi connectivity index (χ1) is 14.7. The number of rotatable bonds is 6. The summed E-state index contributed by atoms with van der Waals surface area (Å²) in [5, 5.41) is 2.56. The quantitative estimate of drug-likeness (QED) is 0.648. The fourth-order valence-electron chi connectivity index (χ4n) is 3.51. The van der Waals surface area contributed by atoms with Gasteiger partial charge in [0, 0.05) is 11.1 Å². The van der Waals surface area contributed by atoms with E-state index in [1.807, 2.05) is 78.9 Å². The maximum atomic E-state index is 13.4. The van der Waals surface area contributed by atoms with E-state index in [9.17, 15) is 9.59 Å². The van der Waals surface area contributed by atoms with E-state index in [0.717, 1.165) is 28.1 Å². The number of methoxy groups -OCH3 is 1. The number of fused-ring (bicyclic) bond motifs is 1. The molecule has 0 radical (unpaired) electrons. The summed E-state index contributed by atoms with van der Waals surface area (Å²) in [4.78, 5) is 30.9. The van der Waals surface area contributed by atoms with E-state index in [0.29, 0.717) is 18.7 Å². The molecule has 3 aromatic rings. The van der Waals surface area contributed by atoms with Gasteiger partial charge < -0.3 is 15.0 Å². The molecule has 0 saturated carbocycles. The van der Waals surface area contributed by atoms with Gasteiger partial charge in [-0.25, -0.2) is 4.99 Å². The number of benzodiazepines with no additional fused rings is 1. The van der Waals surface area contributed by atoms with Crippen LogP contribution in [0.4, 0.5) is 5.69 Å². The van der Waals surface area contributed by atoms with E-state index < -0.39 is 6.17 Å². The molecule has 2 amide bonds. The van der Waals surface area contributed by atoms with E-state index in [4.69, 9.17) is 4.74 Å². The van der Waals surface area contributed by atoms with Gasteiger partial charge in [-0.3, -0.25) is 9.59 Å². The summed E-state index contributed by atoms with van der Waals surface area (Å²) in [6.07, 6.45) is -0.501. The van der Waals surface area contributed by atoms with Crippen molar-refractivity contribution in [1.29, 1.82) is 0 Å². The normalized spacial score (nSPS) is 15.6. The van der Waals surface area contributed by atoms with Crippen molar-refractivity contribution in [3.05, 3.63) is 95.6 Å². The van der Waals surface area contributed by atoms with Crippen LogP contribution in [0.5, 0.6) is 5.75 Å². The minimum absolute atomic E-state index is 0.295. The van der Waals surface area contributed by atoms with E-state index in [1.165, 1.54) is 0 Å². The lowest BCUT2D eigenvalue weighted by Gasteiger charge is -2.25. The van der Waals surface area contributed by atoms with Gasteiger partial charge in [0.1, 0.15) is 5.75 Å². The van der Waals surface area contributed by atoms with Gasteiger partial charge in [0.15, 0.2) is 0 Å². The lowest BCUT2D eigenvalue weighted by atomic mass is 10.00. The Morgan fingerprint density at radius 2 is 1.70 bits per heavy atom. The molecule has 1 N–H and O–H groups in total. The molecule has 1 atom stereocenters. The van der Waals surface area contributed by atoms with Gasteiger partial charge in [-0.05, 0) is 23.8 Å². The molecule has 0 aromatic heterocycles. The number of hydrogen-bond donors (Lipinski definition) is 1. The molecule has 1 heterocycles. The highest BCUT2D eigenvalue weighted by molar-refractivity contribution is 6.20. The SMILES string of the molecule is COc1ccc(CN2C(=O)C(NC=O)N=C(c3ccccc3)c3ccccc32)cc1. The van der Waals surface area contributed by atoms with Crippen LogP contribution in [0.1, 0.15) is 16.7 Å². The molecule has 3 aromatic carbocycles. The summed E-state index contributed by atoms with van der Waals surface area (Å²) in [6.45, 7) is 0.342. The fraction of sp³-hybridized carbons (Fsp3) is 0.125. The van der Waals surface area contributed by atoms with Crippen LogP contribution < -0.4 is 15.0 Å². The van der Waals surface area contributed by atoms with Gasteiger partial charge >= 0.3 is 0 Å². The Kier molecular flexibility index (Phi) is 5.57. The fourth-order valence-corrected chi connectivity index (χ4v) is 3.51. The molecule has 0 spiro atoms. The van der Waals surface area contributed by atoms with E-state index >= 15 is 0 Å². The first-order valence-electron chi connectivity index (χ1n) is 9.58. The Bertz CT molecular complexity index is 1080. The average molecular weight is 399 g/mol. The number of aliphatic imine (C=N–C) groups is 1. The summed E-state index contributed by atoms with van der Waals surface area (Å²) < 4.78 is 5.22. The van der Waals surface area contributed by atoms with Gasteiger partial charge in [0.25, 0.3) is 5.91 Å². The third-order valence-corrected chi connectivity index (χ3v) is 4.98. The molecule has 1 aliphatic rings. The minimum Gasteiger partial charge on any atom is -0.497 e. The second kappa shape index (κ2) is 8.61. The number of carbonyl (C=O) groups is 2. The Morgan fingerprint density at radius 3 is 2.40 bits per heavy atom. The van der Waals surface area contributed by atoms with Crippen LogP contribution in [0.15, 0.2) is 83.9 Å². The van der Waals surface area contributed by atoms with E-state index in [1.54, 1.807) is 12.0 Å². The summed E-state index contributed by atoms with van der Waals surface area (Å²) in [5.74, 6) is 0.452. The number of nitrogens with one attached hydrogen (secondary N) is 1. The van der Waals surface area contributed by atoms with Crippen LogP contribution in [0.2, 0.25) is 0 Å². The van der Waals surface area contributed by atoms with Crippen molar-refractivity contribution in [1.82, 2.24) is 5.32 Å². The third-order valence-electron chi connectivity index (χ3n) is 4.98. The molecule has 0 saturated heterocycles. The summed E-state index contributed by atoms with van der Waals surface area (Å²) in [7, 11) is 1.61. The topological polar surface area (TPSA) is 71.0 Å². The first-order valence-corrected chi connectivity index (χ1v) is 9.58. The van der Waals surface area contributed by atoms with Crippen LogP contribution >= 0.6 is 0 Å². The molecule has 0 aliphatic carbocycles. The summed E-state index contributed by atoms with van der Waals surface area (Å²) in [6, 6.07) is 24.9. The van der Waals surface area contributed by atoms with Crippen molar-refractivity contribution < 1.29 is 14.3 Å². The highest BCUT2D eigenvalue weighted by atomic mass is 16.5. The van der Waals surface area contributed by atoms with Gasteiger partial charge in [-0.2, -0.15) is 0 Å². The summed E-state index contributed by atoms with van der Waals surface area (Å²) in [5.41, 5.74) is 4.06. The molecule has 1 aliphatic heterocycles. The van der Waals surface area contributed by atoms with Crippen molar-refractivity contribution in [3.8, 4) is 5.75 Å². The zero-order chi connectivity index (χ0) is 20.9. The number of para-hydroxylation sites is 1. The van der Waals surface area contributed by atoms with E-state index in [-0.39, 0.29) is 5.91 Å². The maximum Gasteiger partial charge on any atom is 0.272 e. The molecule has 1 unspecified atom stereocenters. The number of ether oxygens (including phenoxy) is 1. The van der Waals surface area contributed by atoms with Gasteiger partial charge in [0.2, 0.25) is 12.6 Å². The highest BCUT2D eigenvalue weighted by Gasteiger charge is 2.31. The highest BCUT2D eigenvalue weighted by Crippen LogP contribution is 2.29. The Hall–Kier alpha value is -3.93. The molecule has 6 nitrogen and oxygen atoms in total.